The Kier molecular flexibility index (Phi) is 5.34. The number of hydrogen-bond donors (Lipinski definition) is 2. The Hall–Kier alpha value is -0.880. The summed E-state index contributed by atoms with van der Waals surface area (Å²) in [5.41, 5.74) is 5.27. The SMILES string of the molecule is CC(C(=O)NC(C(N)=O)C(C)C)c1ccc(Br)s1. The van der Waals surface area contributed by atoms with Crippen LogP contribution < -0.4 is 11.1 Å². The van der Waals surface area contributed by atoms with Crippen molar-refractivity contribution in [3.63, 3.8) is 0 Å². The van der Waals surface area contributed by atoms with Crippen molar-refractivity contribution < 1.29 is 9.59 Å². The third-order valence-corrected chi connectivity index (χ3v) is 4.49. The molecule has 4 nitrogen and oxygen atoms in total. The smallest absolute Gasteiger partial charge is 0.240 e. The zero-order chi connectivity index (χ0) is 13.9. The van der Waals surface area contributed by atoms with Crippen molar-refractivity contribution in [2.75, 3.05) is 0 Å². The molecule has 0 aliphatic rings. The number of carbonyl (C=O) groups excluding carboxylic acids is 2. The summed E-state index contributed by atoms with van der Waals surface area (Å²) in [4.78, 5) is 24.2. The molecule has 0 aliphatic carbocycles. The van der Waals surface area contributed by atoms with E-state index in [0.717, 1.165) is 8.66 Å². The number of nitrogens with two attached hydrogens (primary N) is 1. The second-order valence-corrected chi connectivity index (χ2v) is 6.99. The van der Waals surface area contributed by atoms with Gasteiger partial charge in [-0.05, 0) is 40.9 Å². The van der Waals surface area contributed by atoms with Gasteiger partial charge in [-0.25, -0.2) is 0 Å². The van der Waals surface area contributed by atoms with Crippen LogP contribution in [0.5, 0.6) is 0 Å². The molecule has 0 aromatic carbocycles. The summed E-state index contributed by atoms with van der Waals surface area (Å²) in [5.74, 6) is -0.990. The Morgan fingerprint density at radius 2 is 1.94 bits per heavy atom. The topological polar surface area (TPSA) is 72.2 Å². The lowest BCUT2D eigenvalue weighted by Crippen LogP contribution is -2.48. The molecule has 1 rings (SSSR count). The first kappa shape index (κ1) is 15.2. The van der Waals surface area contributed by atoms with Gasteiger partial charge in [-0.2, -0.15) is 0 Å². The molecule has 6 heteroatoms. The third-order valence-electron chi connectivity index (χ3n) is 2.69. The summed E-state index contributed by atoms with van der Waals surface area (Å²) in [6.07, 6.45) is 0. The summed E-state index contributed by atoms with van der Waals surface area (Å²) in [7, 11) is 0. The first-order chi connectivity index (χ1) is 8.32. The van der Waals surface area contributed by atoms with E-state index in [1.807, 2.05) is 32.9 Å². The normalized spacial score (nSPS) is 14.3. The molecule has 3 N–H and O–H groups in total. The Morgan fingerprint density at radius 1 is 1.33 bits per heavy atom. The number of halogens is 1. The fraction of sp³-hybridized carbons (Fsp3) is 0.500. The number of hydrogen-bond acceptors (Lipinski definition) is 3. The lowest BCUT2D eigenvalue weighted by Gasteiger charge is -2.20. The highest BCUT2D eigenvalue weighted by molar-refractivity contribution is 9.11. The minimum atomic E-state index is -0.622. The fourth-order valence-electron chi connectivity index (χ4n) is 1.53. The van der Waals surface area contributed by atoms with Crippen LogP contribution in [0.2, 0.25) is 0 Å². The fourth-order valence-corrected chi connectivity index (χ4v) is 3.01. The molecule has 1 heterocycles. The molecule has 0 radical (unpaired) electrons. The maximum absolute atomic E-state index is 12.0. The van der Waals surface area contributed by atoms with E-state index in [0.29, 0.717) is 0 Å². The molecule has 2 atom stereocenters. The van der Waals surface area contributed by atoms with Gasteiger partial charge in [0, 0.05) is 4.88 Å². The Morgan fingerprint density at radius 3 is 2.33 bits per heavy atom. The van der Waals surface area contributed by atoms with E-state index in [2.05, 4.69) is 21.2 Å². The molecule has 0 saturated heterocycles. The first-order valence-electron chi connectivity index (χ1n) is 5.67. The van der Waals surface area contributed by atoms with Gasteiger partial charge in [0.15, 0.2) is 0 Å². The molecule has 0 bridgehead atoms. The largest absolute Gasteiger partial charge is 0.368 e. The number of primary amides is 1. The molecule has 0 aliphatic heterocycles. The molecule has 100 valence electrons. The average molecular weight is 333 g/mol. The van der Waals surface area contributed by atoms with E-state index in [9.17, 15) is 9.59 Å². The maximum atomic E-state index is 12.0. The average Bonchev–Trinajstić information content (AvgIpc) is 2.70. The van der Waals surface area contributed by atoms with E-state index in [-0.39, 0.29) is 17.7 Å². The molecular weight excluding hydrogens is 316 g/mol. The van der Waals surface area contributed by atoms with Gasteiger partial charge in [0.2, 0.25) is 11.8 Å². The number of carbonyl (C=O) groups is 2. The van der Waals surface area contributed by atoms with Crippen LogP contribution in [0.15, 0.2) is 15.9 Å². The molecule has 18 heavy (non-hydrogen) atoms. The van der Waals surface area contributed by atoms with E-state index < -0.39 is 11.9 Å². The third kappa shape index (κ3) is 3.81. The van der Waals surface area contributed by atoms with E-state index in [4.69, 9.17) is 5.73 Å². The van der Waals surface area contributed by atoms with Crippen LogP contribution >= 0.6 is 27.3 Å². The Labute approximate surface area is 119 Å². The highest BCUT2D eigenvalue weighted by atomic mass is 79.9. The number of amides is 2. The predicted octanol–water partition coefficient (Wildman–Crippen LogP) is 2.24. The standard InChI is InChI=1S/C12H17BrN2O2S/c1-6(2)10(11(14)16)15-12(17)7(3)8-4-5-9(13)18-8/h4-7,10H,1-3H3,(H2,14,16)(H,15,17). The van der Waals surface area contributed by atoms with Gasteiger partial charge in [-0.15, -0.1) is 11.3 Å². The van der Waals surface area contributed by atoms with Crippen molar-refractivity contribution >= 4 is 39.1 Å². The van der Waals surface area contributed by atoms with Gasteiger partial charge in [-0.3, -0.25) is 9.59 Å². The van der Waals surface area contributed by atoms with E-state index >= 15 is 0 Å². The number of nitrogens with one attached hydrogen (secondary N) is 1. The summed E-state index contributed by atoms with van der Waals surface area (Å²) in [5, 5.41) is 2.70. The van der Waals surface area contributed by atoms with Gasteiger partial charge < -0.3 is 11.1 Å². The van der Waals surface area contributed by atoms with Crippen LogP contribution in [0.3, 0.4) is 0 Å². The lowest BCUT2D eigenvalue weighted by molar-refractivity contribution is -0.128. The van der Waals surface area contributed by atoms with Crippen molar-refractivity contribution in [1.82, 2.24) is 5.32 Å². The van der Waals surface area contributed by atoms with Gasteiger partial charge in [0.05, 0.1) is 9.70 Å². The van der Waals surface area contributed by atoms with Gasteiger partial charge in [-0.1, -0.05) is 13.8 Å². The molecule has 2 amide bonds. The molecule has 0 fully saturated rings. The highest BCUT2D eigenvalue weighted by Gasteiger charge is 2.25. The second kappa shape index (κ2) is 6.33. The monoisotopic (exact) mass is 332 g/mol. The summed E-state index contributed by atoms with van der Waals surface area (Å²) < 4.78 is 0.979. The Balaban J connectivity index is 2.73. The summed E-state index contributed by atoms with van der Waals surface area (Å²) in [6.45, 7) is 5.51. The van der Waals surface area contributed by atoms with Crippen LogP contribution in [0.25, 0.3) is 0 Å². The van der Waals surface area contributed by atoms with Crippen molar-refractivity contribution in [2.24, 2.45) is 11.7 Å². The minimum Gasteiger partial charge on any atom is -0.368 e. The van der Waals surface area contributed by atoms with Crippen LogP contribution in [0.4, 0.5) is 0 Å². The molecule has 1 aromatic heterocycles. The highest BCUT2D eigenvalue weighted by Crippen LogP contribution is 2.28. The van der Waals surface area contributed by atoms with Gasteiger partial charge in [0.1, 0.15) is 6.04 Å². The van der Waals surface area contributed by atoms with E-state index in [1.54, 1.807) is 0 Å². The number of rotatable bonds is 5. The van der Waals surface area contributed by atoms with E-state index in [1.165, 1.54) is 11.3 Å². The summed E-state index contributed by atoms with van der Waals surface area (Å²) in [6, 6.07) is 3.18. The van der Waals surface area contributed by atoms with Crippen molar-refractivity contribution in [1.29, 1.82) is 0 Å². The number of thiophene rings is 1. The zero-order valence-electron chi connectivity index (χ0n) is 10.6. The zero-order valence-corrected chi connectivity index (χ0v) is 13.0. The molecule has 2 unspecified atom stereocenters. The molecule has 0 saturated carbocycles. The van der Waals surface area contributed by atoms with Crippen molar-refractivity contribution in [3.8, 4) is 0 Å². The molecule has 1 aromatic rings. The van der Waals surface area contributed by atoms with Crippen LogP contribution in [0, 0.1) is 5.92 Å². The van der Waals surface area contributed by atoms with Gasteiger partial charge >= 0.3 is 0 Å². The maximum Gasteiger partial charge on any atom is 0.240 e. The summed E-state index contributed by atoms with van der Waals surface area (Å²) >= 11 is 4.87. The molecular formula is C12H17BrN2O2S. The minimum absolute atomic E-state index is 0.0197. The van der Waals surface area contributed by atoms with Crippen LogP contribution in [0.1, 0.15) is 31.6 Å². The Bertz CT molecular complexity index is 445. The predicted molar refractivity (Wildman–Crippen MR) is 76.4 cm³/mol. The van der Waals surface area contributed by atoms with Crippen molar-refractivity contribution in [3.05, 3.63) is 20.8 Å². The van der Waals surface area contributed by atoms with Crippen LogP contribution in [-0.4, -0.2) is 17.9 Å². The van der Waals surface area contributed by atoms with Gasteiger partial charge in [0.25, 0.3) is 0 Å². The first-order valence-corrected chi connectivity index (χ1v) is 7.28. The van der Waals surface area contributed by atoms with Crippen molar-refractivity contribution in [2.45, 2.75) is 32.7 Å². The lowest BCUT2D eigenvalue weighted by atomic mass is 10.0. The van der Waals surface area contributed by atoms with Crippen LogP contribution in [-0.2, 0) is 9.59 Å². The molecule has 0 spiro atoms. The second-order valence-electron chi connectivity index (χ2n) is 4.50. The quantitative estimate of drug-likeness (QED) is 0.867.